The molecule has 2 saturated heterocycles. The second-order valence-corrected chi connectivity index (χ2v) is 7.67. The van der Waals surface area contributed by atoms with Gasteiger partial charge in [0, 0.05) is 49.7 Å². The van der Waals surface area contributed by atoms with E-state index in [2.05, 4.69) is 34.4 Å². The fourth-order valence-electron chi connectivity index (χ4n) is 3.80. The maximum absolute atomic E-state index is 12.5. The molecule has 27 heavy (non-hydrogen) atoms. The van der Waals surface area contributed by atoms with E-state index in [9.17, 15) is 4.79 Å². The third-order valence-corrected chi connectivity index (χ3v) is 5.67. The molecule has 0 spiro atoms. The average molecular weight is 369 g/mol. The summed E-state index contributed by atoms with van der Waals surface area (Å²) in [6, 6.07) is 9.79. The molecule has 2 aliphatic rings. The summed E-state index contributed by atoms with van der Waals surface area (Å²) in [5, 5.41) is 6.98. The van der Waals surface area contributed by atoms with E-state index in [1.165, 1.54) is 18.5 Å². The molecular formula is C21H27N3O3. The topological polar surface area (TPSA) is 67.6 Å². The number of aromatic nitrogens is 1. The monoisotopic (exact) mass is 369 g/mol. The van der Waals surface area contributed by atoms with Crippen molar-refractivity contribution in [2.75, 3.05) is 36.5 Å². The van der Waals surface area contributed by atoms with Gasteiger partial charge < -0.3 is 19.5 Å². The molecule has 0 atom stereocenters. The van der Waals surface area contributed by atoms with Crippen LogP contribution in [0.1, 0.15) is 54.8 Å². The largest absolute Gasteiger partial charge is 0.381 e. The number of nitrogens with one attached hydrogen (secondary N) is 1. The number of hydrogen-bond acceptors (Lipinski definition) is 5. The number of benzene rings is 1. The van der Waals surface area contributed by atoms with Gasteiger partial charge in [-0.3, -0.25) is 4.79 Å². The third-order valence-electron chi connectivity index (χ3n) is 5.67. The van der Waals surface area contributed by atoms with Crippen LogP contribution in [-0.4, -0.2) is 37.4 Å². The van der Waals surface area contributed by atoms with Gasteiger partial charge in [0.05, 0.1) is 5.69 Å². The molecule has 3 heterocycles. The number of piperidine rings is 1. The van der Waals surface area contributed by atoms with Crippen LogP contribution in [0, 0.1) is 5.92 Å². The molecule has 1 aromatic carbocycles. The van der Waals surface area contributed by atoms with Crippen molar-refractivity contribution < 1.29 is 14.1 Å². The fourth-order valence-corrected chi connectivity index (χ4v) is 3.80. The molecule has 2 aromatic rings. The molecule has 6 heteroatoms. The van der Waals surface area contributed by atoms with Gasteiger partial charge in [-0.2, -0.15) is 0 Å². The van der Waals surface area contributed by atoms with Gasteiger partial charge in [0.2, 0.25) is 5.76 Å². The minimum atomic E-state index is -0.264. The van der Waals surface area contributed by atoms with Gasteiger partial charge in [0.25, 0.3) is 5.91 Å². The lowest BCUT2D eigenvalue weighted by Gasteiger charge is -2.32. The summed E-state index contributed by atoms with van der Waals surface area (Å²) in [5.74, 6) is 1.12. The zero-order valence-electron chi connectivity index (χ0n) is 15.8. The Kier molecular flexibility index (Phi) is 5.43. The minimum absolute atomic E-state index is 0.255. The standard InChI is InChI=1S/C21H27N3O3/c1-15-6-10-24(11-7-15)18-4-2-17(3-5-18)22-21(25)20-14-19(23-27-20)16-8-12-26-13-9-16/h2-5,14-16H,6-13H2,1H3,(H,22,25). The van der Waals surface area contributed by atoms with Crippen molar-refractivity contribution in [3.8, 4) is 0 Å². The van der Waals surface area contributed by atoms with E-state index in [4.69, 9.17) is 9.26 Å². The maximum Gasteiger partial charge on any atom is 0.294 e. The number of nitrogens with zero attached hydrogens (tertiary/aromatic N) is 2. The third kappa shape index (κ3) is 4.33. The molecule has 0 bridgehead atoms. The summed E-state index contributed by atoms with van der Waals surface area (Å²) in [6.07, 6.45) is 4.31. The van der Waals surface area contributed by atoms with Crippen LogP contribution in [0.3, 0.4) is 0 Å². The molecular weight excluding hydrogens is 342 g/mol. The van der Waals surface area contributed by atoms with Crippen LogP contribution in [-0.2, 0) is 4.74 Å². The lowest BCUT2D eigenvalue weighted by molar-refractivity contribution is 0.0837. The highest BCUT2D eigenvalue weighted by molar-refractivity contribution is 6.02. The molecule has 0 radical (unpaired) electrons. The summed E-state index contributed by atoms with van der Waals surface area (Å²) < 4.78 is 10.6. The Morgan fingerprint density at radius 2 is 1.81 bits per heavy atom. The first-order valence-corrected chi connectivity index (χ1v) is 9.90. The van der Waals surface area contributed by atoms with E-state index < -0.39 is 0 Å². The first-order valence-electron chi connectivity index (χ1n) is 9.90. The summed E-state index contributed by atoms with van der Waals surface area (Å²) in [6.45, 7) is 5.98. The van der Waals surface area contributed by atoms with Crippen LogP contribution in [0.4, 0.5) is 11.4 Å². The van der Waals surface area contributed by atoms with Crippen LogP contribution in [0.2, 0.25) is 0 Å². The van der Waals surface area contributed by atoms with E-state index in [0.29, 0.717) is 5.92 Å². The van der Waals surface area contributed by atoms with Gasteiger partial charge >= 0.3 is 0 Å². The zero-order valence-corrected chi connectivity index (χ0v) is 15.8. The Morgan fingerprint density at radius 1 is 1.11 bits per heavy atom. The van der Waals surface area contributed by atoms with Crippen molar-refractivity contribution in [2.45, 2.75) is 38.5 Å². The molecule has 0 aliphatic carbocycles. The molecule has 2 fully saturated rings. The minimum Gasteiger partial charge on any atom is -0.381 e. The van der Waals surface area contributed by atoms with E-state index in [1.54, 1.807) is 6.07 Å². The van der Waals surface area contributed by atoms with Gasteiger partial charge in [-0.05, 0) is 55.9 Å². The molecule has 144 valence electrons. The summed E-state index contributed by atoms with van der Waals surface area (Å²) in [5.41, 5.74) is 2.82. The van der Waals surface area contributed by atoms with Crippen molar-refractivity contribution in [1.29, 1.82) is 0 Å². The van der Waals surface area contributed by atoms with Crippen molar-refractivity contribution in [3.63, 3.8) is 0 Å². The van der Waals surface area contributed by atoms with Crippen molar-refractivity contribution in [1.82, 2.24) is 5.16 Å². The number of rotatable bonds is 4. The molecule has 2 aliphatic heterocycles. The van der Waals surface area contributed by atoms with Gasteiger partial charge in [-0.25, -0.2) is 0 Å². The Bertz CT molecular complexity index is 757. The van der Waals surface area contributed by atoms with Crippen molar-refractivity contribution in [3.05, 3.63) is 41.8 Å². The van der Waals surface area contributed by atoms with Crippen molar-refractivity contribution in [2.24, 2.45) is 5.92 Å². The van der Waals surface area contributed by atoms with Gasteiger partial charge in [-0.1, -0.05) is 12.1 Å². The maximum atomic E-state index is 12.5. The molecule has 1 aromatic heterocycles. The first-order chi connectivity index (χ1) is 13.2. The van der Waals surface area contributed by atoms with Crippen molar-refractivity contribution >= 4 is 17.3 Å². The number of amides is 1. The Hall–Kier alpha value is -2.34. The quantitative estimate of drug-likeness (QED) is 0.880. The predicted octanol–water partition coefficient (Wildman–Crippen LogP) is 4.06. The second-order valence-electron chi connectivity index (χ2n) is 7.67. The van der Waals surface area contributed by atoms with E-state index in [1.807, 2.05) is 12.1 Å². The van der Waals surface area contributed by atoms with Crippen LogP contribution < -0.4 is 10.2 Å². The van der Waals surface area contributed by atoms with Gasteiger partial charge in [0.1, 0.15) is 0 Å². The number of carbonyl (C=O) groups is 1. The Labute approximate surface area is 159 Å². The summed E-state index contributed by atoms with van der Waals surface area (Å²) in [7, 11) is 0. The van der Waals surface area contributed by atoms with Gasteiger partial charge in [-0.15, -0.1) is 0 Å². The lowest BCUT2D eigenvalue weighted by atomic mass is 9.96. The Morgan fingerprint density at radius 3 is 2.52 bits per heavy atom. The molecule has 1 amide bonds. The second kappa shape index (κ2) is 8.13. The highest BCUT2D eigenvalue weighted by atomic mass is 16.5. The molecule has 0 unspecified atom stereocenters. The average Bonchev–Trinajstić information content (AvgIpc) is 3.20. The fraction of sp³-hybridized carbons (Fsp3) is 0.524. The normalized spacial score (nSPS) is 19.2. The number of ether oxygens (including phenoxy) is 1. The lowest BCUT2D eigenvalue weighted by Crippen LogP contribution is -2.32. The number of hydrogen-bond donors (Lipinski definition) is 1. The predicted molar refractivity (Wildman–Crippen MR) is 104 cm³/mol. The van der Waals surface area contributed by atoms with Crippen LogP contribution in [0.5, 0.6) is 0 Å². The summed E-state index contributed by atoms with van der Waals surface area (Å²) >= 11 is 0. The number of anilines is 2. The SMILES string of the molecule is CC1CCN(c2ccc(NC(=O)c3cc(C4CCOCC4)no3)cc2)CC1. The molecule has 6 nitrogen and oxygen atoms in total. The molecule has 0 saturated carbocycles. The Balaban J connectivity index is 1.36. The molecule has 4 rings (SSSR count). The summed E-state index contributed by atoms with van der Waals surface area (Å²) in [4.78, 5) is 14.9. The van der Waals surface area contributed by atoms with Crippen LogP contribution in [0.25, 0.3) is 0 Å². The smallest absolute Gasteiger partial charge is 0.294 e. The van der Waals surface area contributed by atoms with Gasteiger partial charge in [0.15, 0.2) is 0 Å². The van der Waals surface area contributed by atoms with E-state index in [0.717, 1.165) is 56.4 Å². The highest BCUT2D eigenvalue weighted by Crippen LogP contribution is 2.27. The van der Waals surface area contributed by atoms with Crippen LogP contribution >= 0.6 is 0 Å². The van der Waals surface area contributed by atoms with Crippen LogP contribution in [0.15, 0.2) is 34.9 Å². The highest BCUT2D eigenvalue weighted by Gasteiger charge is 2.22. The molecule has 1 N–H and O–H groups in total. The zero-order chi connectivity index (χ0) is 18.6. The first kappa shape index (κ1) is 18.0. The number of carbonyl (C=O) groups excluding carboxylic acids is 1. The van der Waals surface area contributed by atoms with E-state index in [-0.39, 0.29) is 11.7 Å². The van der Waals surface area contributed by atoms with E-state index >= 15 is 0 Å².